The van der Waals surface area contributed by atoms with Gasteiger partial charge in [-0.25, -0.2) is 0 Å². The molecule has 2 unspecified atom stereocenters. The van der Waals surface area contributed by atoms with Crippen LogP contribution in [-0.2, 0) is 0 Å². The second-order valence-electron chi connectivity index (χ2n) is 2.52. The lowest BCUT2D eigenvalue weighted by molar-refractivity contribution is 0.136. The highest BCUT2D eigenvalue weighted by molar-refractivity contribution is 4.80. The zero-order valence-corrected chi connectivity index (χ0v) is 6.46. The highest BCUT2D eigenvalue weighted by atomic mass is 16.3. The fraction of sp³-hybridized carbons (Fsp3) is 0.750. The summed E-state index contributed by atoms with van der Waals surface area (Å²) in [6.45, 7) is 5.87. The minimum Gasteiger partial charge on any atom is -0.393 e. The largest absolute Gasteiger partial charge is 0.393 e. The highest BCUT2D eigenvalue weighted by Gasteiger charge is 2.04. The fourth-order valence-corrected chi connectivity index (χ4v) is 0.548. The molecule has 9 heavy (non-hydrogen) atoms. The van der Waals surface area contributed by atoms with Crippen molar-refractivity contribution in [3.05, 3.63) is 12.2 Å². The molecule has 0 saturated carbocycles. The van der Waals surface area contributed by atoms with Crippen molar-refractivity contribution >= 4 is 0 Å². The Morgan fingerprint density at radius 2 is 2.00 bits per heavy atom. The first-order valence-corrected chi connectivity index (χ1v) is 3.47. The first-order chi connectivity index (χ1) is 4.18. The average molecular weight is 128 g/mol. The standard InChI is InChI=1S/C8H16O/c1-4-5-6-7(2)8(3)9/h4-5,7-9H,6H2,1-3H3/b5-4+. The van der Waals surface area contributed by atoms with Crippen LogP contribution in [-0.4, -0.2) is 11.2 Å². The Kier molecular flexibility index (Phi) is 4.41. The van der Waals surface area contributed by atoms with Crippen molar-refractivity contribution in [2.24, 2.45) is 5.92 Å². The van der Waals surface area contributed by atoms with Crippen molar-refractivity contribution in [3.8, 4) is 0 Å². The van der Waals surface area contributed by atoms with Crippen LogP contribution < -0.4 is 0 Å². The van der Waals surface area contributed by atoms with Crippen molar-refractivity contribution in [2.45, 2.75) is 33.3 Å². The van der Waals surface area contributed by atoms with Gasteiger partial charge in [0.05, 0.1) is 6.10 Å². The summed E-state index contributed by atoms with van der Waals surface area (Å²) in [6.07, 6.45) is 4.89. The summed E-state index contributed by atoms with van der Waals surface area (Å²) < 4.78 is 0. The van der Waals surface area contributed by atoms with Crippen LogP contribution in [0.2, 0.25) is 0 Å². The minimum absolute atomic E-state index is 0.179. The number of hydrogen-bond donors (Lipinski definition) is 1. The lowest BCUT2D eigenvalue weighted by Gasteiger charge is -2.10. The lowest BCUT2D eigenvalue weighted by Crippen LogP contribution is -2.11. The molecule has 0 aromatic carbocycles. The summed E-state index contributed by atoms with van der Waals surface area (Å²) in [7, 11) is 0. The third kappa shape index (κ3) is 4.22. The van der Waals surface area contributed by atoms with Gasteiger partial charge < -0.3 is 5.11 Å². The van der Waals surface area contributed by atoms with E-state index in [1.54, 1.807) is 0 Å². The molecule has 0 radical (unpaired) electrons. The van der Waals surface area contributed by atoms with Crippen molar-refractivity contribution in [3.63, 3.8) is 0 Å². The summed E-state index contributed by atoms with van der Waals surface area (Å²) in [6, 6.07) is 0. The van der Waals surface area contributed by atoms with E-state index in [2.05, 4.69) is 6.08 Å². The van der Waals surface area contributed by atoms with Crippen LogP contribution in [0.15, 0.2) is 12.2 Å². The van der Waals surface area contributed by atoms with E-state index >= 15 is 0 Å². The van der Waals surface area contributed by atoms with Gasteiger partial charge >= 0.3 is 0 Å². The molecule has 0 aromatic rings. The number of aliphatic hydroxyl groups is 1. The Hall–Kier alpha value is -0.300. The van der Waals surface area contributed by atoms with Crippen LogP contribution in [0.1, 0.15) is 27.2 Å². The zero-order chi connectivity index (χ0) is 7.28. The van der Waals surface area contributed by atoms with Crippen LogP contribution in [0, 0.1) is 5.92 Å². The van der Waals surface area contributed by atoms with Gasteiger partial charge in [-0.3, -0.25) is 0 Å². The molecule has 1 N–H and O–H groups in total. The van der Waals surface area contributed by atoms with Crippen molar-refractivity contribution < 1.29 is 5.11 Å². The van der Waals surface area contributed by atoms with E-state index in [1.165, 1.54) is 0 Å². The number of allylic oxidation sites excluding steroid dienone is 2. The average Bonchev–Trinajstić information content (AvgIpc) is 1.82. The van der Waals surface area contributed by atoms with E-state index in [9.17, 15) is 0 Å². The van der Waals surface area contributed by atoms with Gasteiger partial charge in [-0.05, 0) is 26.2 Å². The van der Waals surface area contributed by atoms with E-state index in [1.807, 2.05) is 26.8 Å². The molecule has 0 aliphatic heterocycles. The second-order valence-corrected chi connectivity index (χ2v) is 2.52. The van der Waals surface area contributed by atoms with Gasteiger partial charge in [0.25, 0.3) is 0 Å². The van der Waals surface area contributed by atoms with Gasteiger partial charge in [0, 0.05) is 0 Å². The molecular weight excluding hydrogens is 112 g/mol. The maximum atomic E-state index is 9.01. The number of aliphatic hydroxyl groups excluding tert-OH is 1. The summed E-state index contributed by atoms with van der Waals surface area (Å²) in [4.78, 5) is 0. The molecule has 0 aliphatic carbocycles. The zero-order valence-electron chi connectivity index (χ0n) is 6.46. The Labute approximate surface area is 57.4 Å². The molecule has 1 nitrogen and oxygen atoms in total. The van der Waals surface area contributed by atoms with E-state index in [0.717, 1.165) is 6.42 Å². The number of hydrogen-bond acceptors (Lipinski definition) is 1. The predicted molar refractivity (Wildman–Crippen MR) is 40.3 cm³/mol. The molecule has 0 heterocycles. The molecule has 0 spiro atoms. The van der Waals surface area contributed by atoms with Crippen molar-refractivity contribution in [1.29, 1.82) is 0 Å². The van der Waals surface area contributed by atoms with Crippen molar-refractivity contribution in [2.75, 3.05) is 0 Å². The first-order valence-electron chi connectivity index (χ1n) is 3.47. The van der Waals surface area contributed by atoms with E-state index < -0.39 is 0 Å². The van der Waals surface area contributed by atoms with Gasteiger partial charge in [-0.15, -0.1) is 0 Å². The van der Waals surface area contributed by atoms with Crippen LogP contribution in [0.4, 0.5) is 0 Å². The van der Waals surface area contributed by atoms with Gasteiger partial charge in [0.2, 0.25) is 0 Å². The van der Waals surface area contributed by atoms with Crippen LogP contribution in [0.3, 0.4) is 0 Å². The van der Waals surface area contributed by atoms with Gasteiger partial charge in [-0.2, -0.15) is 0 Å². The normalized spacial score (nSPS) is 18.2. The summed E-state index contributed by atoms with van der Waals surface area (Å²) >= 11 is 0. The smallest absolute Gasteiger partial charge is 0.0540 e. The Balaban J connectivity index is 3.38. The Morgan fingerprint density at radius 1 is 1.44 bits per heavy atom. The van der Waals surface area contributed by atoms with Crippen molar-refractivity contribution in [1.82, 2.24) is 0 Å². The summed E-state index contributed by atoms with van der Waals surface area (Å²) in [5, 5.41) is 9.01. The topological polar surface area (TPSA) is 20.2 Å². The van der Waals surface area contributed by atoms with E-state index in [4.69, 9.17) is 5.11 Å². The molecule has 0 aliphatic rings. The Morgan fingerprint density at radius 3 is 2.33 bits per heavy atom. The summed E-state index contributed by atoms with van der Waals surface area (Å²) in [5.41, 5.74) is 0. The van der Waals surface area contributed by atoms with E-state index in [-0.39, 0.29) is 6.10 Å². The SMILES string of the molecule is C/C=C/CC(C)C(C)O. The lowest BCUT2D eigenvalue weighted by atomic mass is 10.0. The molecule has 0 saturated heterocycles. The molecular formula is C8H16O. The molecule has 0 aromatic heterocycles. The van der Waals surface area contributed by atoms with Crippen LogP contribution in [0.25, 0.3) is 0 Å². The highest BCUT2D eigenvalue weighted by Crippen LogP contribution is 2.07. The number of rotatable bonds is 3. The maximum absolute atomic E-state index is 9.01. The van der Waals surface area contributed by atoms with Gasteiger partial charge in [0.15, 0.2) is 0 Å². The molecule has 0 amide bonds. The third-order valence-electron chi connectivity index (χ3n) is 1.57. The molecule has 2 atom stereocenters. The van der Waals surface area contributed by atoms with Gasteiger partial charge in [-0.1, -0.05) is 19.1 Å². The maximum Gasteiger partial charge on any atom is 0.0540 e. The first kappa shape index (κ1) is 8.70. The Bertz CT molecular complexity index is 84.6. The van der Waals surface area contributed by atoms with E-state index in [0.29, 0.717) is 5.92 Å². The predicted octanol–water partition coefficient (Wildman–Crippen LogP) is 1.97. The second kappa shape index (κ2) is 4.57. The molecule has 1 heteroatoms. The molecule has 0 fully saturated rings. The molecule has 0 bridgehead atoms. The van der Waals surface area contributed by atoms with Gasteiger partial charge in [0.1, 0.15) is 0 Å². The molecule has 54 valence electrons. The fourth-order valence-electron chi connectivity index (χ4n) is 0.548. The minimum atomic E-state index is -0.179. The molecule has 0 rings (SSSR count). The monoisotopic (exact) mass is 128 g/mol. The van der Waals surface area contributed by atoms with Crippen LogP contribution >= 0.6 is 0 Å². The quantitative estimate of drug-likeness (QED) is 0.576. The summed E-state index contributed by atoms with van der Waals surface area (Å²) in [5.74, 6) is 0.390. The van der Waals surface area contributed by atoms with Crippen LogP contribution in [0.5, 0.6) is 0 Å². The third-order valence-corrected chi connectivity index (χ3v) is 1.57.